The Bertz CT molecular complexity index is 1460. The Labute approximate surface area is 218 Å². The number of unbranched alkanes of at least 4 members (excludes halogenated alkanes) is 2. The monoisotopic (exact) mass is 521 g/mol. The lowest BCUT2D eigenvalue weighted by atomic mass is 10.0. The van der Waals surface area contributed by atoms with E-state index in [2.05, 4.69) is 10.6 Å². The molecule has 38 heavy (non-hydrogen) atoms. The number of rotatable bonds is 8. The number of nitrogens with zero attached hydrogens (tertiary/aromatic N) is 2. The van der Waals surface area contributed by atoms with E-state index in [-0.39, 0.29) is 30.5 Å². The van der Waals surface area contributed by atoms with Gasteiger partial charge in [-0.25, -0.2) is 4.79 Å². The van der Waals surface area contributed by atoms with Gasteiger partial charge >= 0.3 is 5.69 Å². The number of hydrogen-bond acceptors (Lipinski definition) is 7. The molecule has 11 heteroatoms. The SMILES string of the molecule is Cn1c(=O)n(C2CCC(=O)NC2=O)c2ccc(CCCCCNC(=O)C3COc4cccc(N)c4O3)cc21. The molecule has 3 amide bonds. The van der Waals surface area contributed by atoms with E-state index in [1.54, 1.807) is 29.8 Å². The van der Waals surface area contributed by atoms with E-state index in [1.807, 2.05) is 18.2 Å². The number of fused-ring (bicyclic) bond motifs is 2. The van der Waals surface area contributed by atoms with Gasteiger partial charge in [0, 0.05) is 20.0 Å². The van der Waals surface area contributed by atoms with Gasteiger partial charge in [-0.3, -0.25) is 28.8 Å². The zero-order valence-electron chi connectivity index (χ0n) is 21.2. The second-order valence-corrected chi connectivity index (χ2v) is 9.70. The van der Waals surface area contributed by atoms with Crippen LogP contribution < -0.4 is 31.5 Å². The van der Waals surface area contributed by atoms with Crippen molar-refractivity contribution >= 4 is 34.4 Å². The number of piperidine rings is 1. The number of anilines is 1. The van der Waals surface area contributed by atoms with Gasteiger partial charge in [-0.15, -0.1) is 0 Å². The van der Waals surface area contributed by atoms with Crippen molar-refractivity contribution in [3.63, 3.8) is 0 Å². The summed E-state index contributed by atoms with van der Waals surface area (Å²) in [5, 5.41) is 5.23. The summed E-state index contributed by atoms with van der Waals surface area (Å²) in [5.41, 5.74) is 8.59. The lowest BCUT2D eigenvalue weighted by molar-refractivity contribution is -0.135. The van der Waals surface area contributed by atoms with Crippen LogP contribution in [0.1, 0.15) is 43.7 Å². The lowest BCUT2D eigenvalue weighted by Gasteiger charge is -2.26. The number of amides is 3. The summed E-state index contributed by atoms with van der Waals surface area (Å²) in [5.74, 6) is -0.0383. The number of carbonyl (C=O) groups excluding carboxylic acids is 3. The average Bonchev–Trinajstić information content (AvgIpc) is 3.15. The molecule has 2 unspecified atom stereocenters. The molecule has 0 radical (unpaired) electrons. The van der Waals surface area contributed by atoms with Gasteiger partial charge in [0.05, 0.1) is 16.7 Å². The number of aryl methyl sites for hydroxylation is 2. The van der Waals surface area contributed by atoms with Crippen molar-refractivity contribution in [1.29, 1.82) is 0 Å². The number of hydrogen-bond donors (Lipinski definition) is 3. The molecule has 1 fully saturated rings. The standard InChI is InChI=1S/C27H31N5O6/c1-31-20-14-16(9-10-18(20)32(27(31)36)19-11-12-23(33)30-25(19)34)6-3-2-4-13-29-26(35)22-15-37-21-8-5-7-17(28)24(21)38-22/h5,7-10,14,19,22H,2-4,6,11-13,15,28H2,1H3,(H,29,35)(H,30,33,34). The Morgan fingerprint density at radius 1 is 1.13 bits per heavy atom. The molecule has 2 aromatic carbocycles. The number of aromatic nitrogens is 2. The van der Waals surface area contributed by atoms with Crippen molar-refractivity contribution in [2.75, 3.05) is 18.9 Å². The second-order valence-electron chi connectivity index (χ2n) is 9.70. The molecule has 1 saturated heterocycles. The van der Waals surface area contributed by atoms with Gasteiger partial charge in [0.1, 0.15) is 12.6 Å². The minimum atomic E-state index is -0.738. The van der Waals surface area contributed by atoms with Crippen molar-refractivity contribution < 1.29 is 23.9 Å². The molecule has 3 heterocycles. The number of carbonyl (C=O) groups is 3. The molecular weight excluding hydrogens is 490 g/mol. The fraction of sp³-hybridized carbons (Fsp3) is 0.407. The van der Waals surface area contributed by atoms with Crippen LogP contribution in [0, 0.1) is 0 Å². The minimum Gasteiger partial charge on any atom is -0.485 e. The van der Waals surface area contributed by atoms with Crippen molar-refractivity contribution in [2.45, 2.75) is 50.7 Å². The van der Waals surface area contributed by atoms with E-state index < -0.39 is 18.1 Å². The summed E-state index contributed by atoms with van der Waals surface area (Å²) < 4.78 is 14.4. The van der Waals surface area contributed by atoms with Crippen molar-refractivity contribution in [1.82, 2.24) is 19.8 Å². The molecule has 1 aromatic heterocycles. The molecule has 2 atom stereocenters. The Kier molecular flexibility index (Phi) is 7.08. The second kappa shape index (κ2) is 10.6. The molecule has 0 bridgehead atoms. The number of imidazole rings is 1. The van der Waals surface area contributed by atoms with Gasteiger partial charge in [0.25, 0.3) is 5.91 Å². The number of benzene rings is 2. The van der Waals surface area contributed by atoms with Crippen LogP contribution in [0.2, 0.25) is 0 Å². The number of imide groups is 1. The lowest BCUT2D eigenvalue weighted by Crippen LogP contribution is -2.44. The van der Waals surface area contributed by atoms with E-state index in [9.17, 15) is 19.2 Å². The molecular formula is C27H31N5O6. The van der Waals surface area contributed by atoms with Gasteiger partial charge in [0.15, 0.2) is 11.5 Å². The quantitative estimate of drug-likeness (QED) is 0.232. The van der Waals surface area contributed by atoms with E-state index >= 15 is 0 Å². The summed E-state index contributed by atoms with van der Waals surface area (Å²) in [7, 11) is 1.69. The van der Waals surface area contributed by atoms with Crippen LogP contribution in [0.3, 0.4) is 0 Å². The summed E-state index contributed by atoms with van der Waals surface area (Å²) in [6.45, 7) is 0.663. The largest absolute Gasteiger partial charge is 0.485 e. The molecule has 200 valence electrons. The van der Waals surface area contributed by atoms with E-state index in [4.69, 9.17) is 15.2 Å². The zero-order valence-corrected chi connectivity index (χ0v) is 21.2. The number of nitrogens with one attached hydrogen (secondary N) is 2. The maximum absolute atomic E-state index is 12.9. The molecule has 0 aliphatic carbocycles. The first kappa shape index (κ1) is 25.4. The molecule has 0 saturated carbocycles. The number of para-hydroxylation sites is 1. The highest BCUT2D eigenvalue weighted by Crippen LogP contribution is 2.36. The molecule has 11 nitrogen and oxygen atoms in total. The highest BCUT2D eigenvalue weighted by Gasteiger charge is 2.31. The first-order valence-electron chi connectivity index (χ1n) is 12.8. The van der Waals surface area contributed by atoms with Crippen LogP contribution in [0.4, 0.5) is 5.69 Å². The average molecular weight is 522 g/mol. The van der Waals surface area contributed by atoms with E-state index in [0.29, 0.717) is 35.7 Å². The third-order valence-electron chi connectivity index (χ3n) is 7.07. The van der Waals surface area contributed by atoms with Crippen LogP contribution in [0.5, 0.6) is 11.5 Å². The van der Waals surface area contributed by atoms with Crippen LogP contribution in [0.25, 0.3) is 11.0 Å². The number of nitrogens with two attached hydrogens (primary N) is 1. The zero-order chi connectivity index (χ0) is 26.8. The third-order valence-corrected chi connectivity index (χ3v) is 7.07. The summed E-state index contributed by atoms with van der Waals surface area (Å²) in [4.78, 5) is 49.3. The fourth-order valence-electron chi connectivity index (χ4n) is 4.99. The highest BCUT2D eigenvalue weighted by atomic mass is 16.6. The fourth-order valence-corrected chi connectivity index (χ4v) is 4.99. The van der Waals surface area contributed by atoms with E-state index in [1.165, 1.54) is 4.57 Å². The Morgan fingerprint density at radius 2 is 1.97 bits per heavy atom. The molecule has 2 aliphatic rings. The maximum Gasteiger partial charge on any atom is 0.329 e. The topological polar surface area (TPSA) is 147 Å². The predicted molar refractivity (Wildman–Crippen MR) is 140 cm³/mol. The minimum absolute atomic E-state index is 0.137. The number of nitrogen functional groups attached to an aromatic ring is 1. The highest BCUT2D eigenvalue weighted by molar-refractivity contribution is 6.00. The normalized spacial score (nSPS) is 18.9. The van der Waals surface area contributed by atoms with Crippen molar-refractivity contribution in [3.05, 3.63) is 52.4 Å². The maximum atomic E-state index is 12.9. The number of ether oxygens (including phenoxy) is 2. The van der Waals surface area contributed by atoms with Gasteiger partial charge < -0.3 is 20.5 Å². The smallest absolute Gasteiger partial charge is 0.329 e. The molecule has 4 N–H and O–H groups in total. The first-order chi connectivity index (χ1) is 18.3. The summed E-state index contributed by atoms with van der Waals surface area (Å²) in [6.07, 6.45) is 3.23. The summed E-state index contributed by atoms with van der Waals surface area (Å²) in [6, 6.07) is 10.4. The molecule has 3 aromatic rings. The van der Waals surface area contributed by atoms with Crippen molar-refractivity contribution in [3.8, 4) is 11.5 Å². The van der Waals surface area contributed by atoms with Crippen LogP contribution in [-0.2, 0) is 27.9 Å². The molecule has 2 aliphatic heterocycles. The van der Waals surface area contributed by atoms with Gasteiger partial charge in [-0.2, -0.15) is 0 Å². The Morgan fingerprint density at radius 3 is 2.79 bits per heavy atom. The van der Waals surface area contributed by atoms with E-state index in [0.717, 1.165) is 36.8 Å². The molecule has 5 rings (SSSR count). The van der Waals surface area contributed by atoms with Crippen LogP contribution in [-0.4, -0.2) is 46.1 Å². The Balaban J connectivity index is 1.11. The molecule has 0 spiro atoms. The third kappa shape index (κ3) is 4.96. The predicted octanol–water partition coefficient (Wildman–Crippen LogP) is 1.57. The van der Waals surface area contributed by atoms with Gasteiger partial charge in [0.2, 0.25) is 17.9 Å². The van der Waals surface area contributed by atoms with Crippen LogP contribution in [0.15, 0.2) is 41.2 Å². The van der Waals surface area contributed by atoms with Crippen LogP contribution >= 0.6 is 0 Å². The summed E-state index contributed by atoms with van der Waals surface area (Å²) >= 11 is 0. The van der Waals surface area contributed by atoms with Crippen molar-refractivity contribution in [2.24, 2.45) is 7.05 Å². The Hall–Kier alpha value is -4.28. The first-order valence-corrected chi connectivity index (χ1v) is 12.8. The van der Waals surface area contributed by atoms with Gasteiger partial charge in [-0.05, 0) is 55.5 Å². The van der Waals surface area contributed by atoms with Gasteiger partial charge in [-0.1, -0.05) is 18.6 Å².